The molecule has 0 spiro atoms. The Morgan fingerprint density at radius 3 is 2.67 bits per heavy atom. The van der Waals surface area contributed by atoms with E-state index in [-0.39, 0.29) is 0 Å². The maximum absolute atomic E-state index is 4.49. The summed E-state index contributed by atoms with van der Waals surface area (Å²) in [4.78, 5) is 11.4. The lowest BCUT2D eigenvalue weighted by Crippen LogP contribution is -2.29. The number of nitrogens with one attached hydrogen (secondary N) is 1. The van der Waals surface area contributed by atoms with Crippen LogP contribution in [-0.4, -0.2) is 41.0 Å². The highest BCUT2D eigenvalue weighted by atomic mass is 15.1. The number of likely N-dealkylation sites (tertiary alicyclic amines) is 1. The molecule has 0 radical (unpaired) electrons. The van der Waals surface area contributed by atoms with Gasteiger partial charge in [-0.3, -0.25) is 4.98 Å². The van der Waals surface area contributed by atoms with Gasteiger partial charge in [-0.15, -0.1) is 0 Å². The summed E-state index contributed by atoms with van der Waals surface area (Å²) in [5, 5.41) is 3.39. The van der Waals surface area contributed by atoms with Crippen molar-refractivity contribution in [2.24, 2.45) is 5.92 Å². The number of rotatable bonds is 5. The van der Waals surface area contributed by atoms with Gasteiger partial charge in [-0.1, -0.05) is 6.92 Å². The smallest absolute Gasteiger partial charge is 0.144 e. The Morgan fingerprint density at radius 1 is 1.28 bits per heavy atom. The first kappa shape index (κ1) is 13.3. The van der Waals surface area contributed by atoms with E-state index in [1.54, 1.807) is 0 Å². The fourth-order valence-corrected chi connectivity index (χ4v) is 2.38. The fraction of sp³-hybridized carbons (Fsp3) is 0.714. The zero-order valence-corrected chi connectivity index (χ0v) is 11.7. The zero-order chi connectivity index (χ0) is 13.0. The summed E-state index contributed by atoms with van der Waals surface area (Å²) >= 11 is 0. The summed E-state index contributed by atoms with van der Waals surface area (Å²) in [6.45, 7) is 11.0. The van der Waals surface area contributed by atoms with Crippen molar-refractivity contribution >= 4 is 5.82 Å². The highest BCUT2D eigenvalue weighted by Gasteiger charge is 2.14. The standard InChI is InChI=1S/C14H24N4/c1-11(10-18-6-4-5-7-18)8-16-14-9-15-12(2)13(3)17-14/h9,11H,4-8,10H2,1-3H3,(H,16,17). The molecular weight excluding hydrogens is 224 g/mol. The van der Waals surface area contributed by atoms with Crippen molar-refractivity contribution in [2.45, 2.75) is 33.6 Å². The van der Waals surface area contributed by atoms with Gasteiger partial charge in [0, 0.05) is 13.1 Å². The average molecular weight is 248 g/mol. The summed E-state index contributed by atoms with van der Waals surface area (Å²) in [6.07, 6.45) is 4.55. The first-order chi connectivity index (χ1) is 8.65. The summed E-state index contributed by atoms with van der Waals surface area (Å²) in [7, 11) is 0. The molecule has 100 valence electrons. The molecule has 18 heavy (non-hydrogen) atoms. The Labute approximate surface area is 110 Å². The Morgan fingerprint density at radius 2 is 2.00 bits per heavy atom. The van der Waals surface area contributed by atoms with Gasteiger partial charge in [-0.25, -0.2) is 4.98 Å². The molecule has 0 amide bonds. The van der Waals surface area contributed by atoms with Gasteiger partial charge >= 0.3 is 0 Å². The van der Waals surface area contributed by atoms with Gasteiger partial charge in [0.25, 0.3) is 0 Å². The van der Waals surface area contributed by atoms with Crippen molar-refractivity contribution in [1.29, 1.82) is 0 Å². The van der Waals surface area contributed by atoms with Crippen LogP contribution >= 0.6 is 0 Å². The monoisotopic (exact) mass is 248 g/mol. The summed E-state index contributed by atoms with van der Waals surface area (Å²) in [5.41, 5.74) is 2.01. The van der Waals surface area contributed by atoms with Gasteiger partial charge in [-0.05, 0) is 45.7 Å². The number of hydrogen-bond acceptors (Lipinski definition) is 4. The molecule has 0 aromatic carbocycles. The number of aryl methyl sites for hydroxylation is 2. The van der Waals surface area contributed by atoms with Gasteiger partial charge in [0.1, 0.15) is 5.82 Å². The molecule has 1 aromatic rings. The number of aromatic nitrogens is 2. The van der Waals surface area contributed by atoms with E-state index in [0.29, 0.717) is 5.92 Å². The summed E-state index contributed by atoms with van der Waals surface area (Å²) < 4.78 is 0. The molecule has 2 rings (SSSR count). The predicted octanol–water partition coefficient (Wildman–Crippen LogP) is 2.24. The molecule has 1 saturated heterocycles. The van der Waals surface area contributed by atoms with Gasteiger partial charge in [0.15, 0.2) is 0 Å². The molecule has 4 heteroatoms. The molecule has 4 nitrogen and oxygen atoms in total. The van der Waals surface area contributed by atoms with Crippen molar-refractivity contribution in [1.82, 2.24) is 14.9 Å². The lowest BCUT2D eigenvalue weighted by atomic mass is 10.1. The molecule has 1 N–H and O–H groups in total. The van der Waals surface area contributed by atoms with Crippen LogP contribution in [0.3, 0.4) is 0 Å². The molecule has 1 aromatic heterocycles. The fourth-order valence-electron chi connectivity index (χ4n) is 2.38. The van der Waals surface area contributed by atoms with Crippen molar-refractivity contribution in [2.75, 3.05) is 31.5 Å². The summed E-state index contributed by atoms with van der Waals surface area (Å²) in [6, 6.07) is 0. The molecule has 0 bridgehead atoms. The van der Waals surface area contributed by atoms with E-state index in [4.69, 9.17) is 0 Å². The minimum absolute atomic E-state index is 0.645. The SMILES string of the molecule is Cc1ncc(NCC(C)CN2CCCC2)nc1C. The largest absolute Gasteiger partial charge is 0.368 e. The average Bonchev–Trinajstić information content (AvgIpc) is 2.83. The van der Waals surface area contributed by atoms with Crippen LogP contribution < -0.4 is 5.32 Å². The van der Waals surface area contributed by atoms with Gasteiger partial charge in [0.05, 0.1) is 17.6 Å². The molecule has 1 fully saturated rings. The third-order valence-corrected chi connectivity index (χ3v) is 3.59. The van der Waals surface area contributed by atoms with Gasteiger partial charge in [-0.2, -0.15) is 0 Å². The van der Waals surface area contributed by atoms with Crippen LogP contribution in [-0.2, 0) is 0 Å². The van der Waals surface area contributed by atoms with E-state index in [1.807, 2.05) is 20.0 Å². The van der Waals surface area contributed by atoms with E-state index < -0.39 is 0 Å². The highest BCUT2D eigenvalue weighted by molar-refractivity contribution is 5.33. The maximum Gasteiger partial charge on any atom is 0.144 e. The Hall–Kier alpha value is -1.16. The van der Waals surface area contributed by atoms with Crippen LogP contribution in [0.25, 0.3) is 0 Å². The number of nitrogens with zero attached hydrogens (tertiary/aromatic N) is 3. The third-order valence-electron chi connectivity index (χ3n) is 3.59. The third kappa shape index (κ3) is 3.67. The molecular formula is C14H24N4. The molecule has 1 aliphatic heterocycles. The van der Waals surface area contributed by atoms with Crippen LogP contribution in [0.5, 0.6) is 0 Å². The lowest BCUT2D eigenvalue weighted by molar-refractivity contribution is 0.294. The molecule has 1 atom stereocenters. The van der Waals surface area contributed by atoms with E-state index in [0.717, 1.165) is 23.8 Å². The van der Waals surface area contributed by atoms with Crippen LogP contribution in [0.1, 0.15) is 31.2 Å². The predicted molar refractivity (Wildman–Crippen MR) is 74.8 cm³/mol. The van der Waals surface area contributed by atoms with Crippen LogP contribution in [0.15, 0.2) is 6.20 Å². The van der Waals surface area contributed by atoms with E-state index in [9.17, 15) is 0 Å². The van der Waals surface area contributed by atoms with Gasteiger partial charge < -0.3 is 10.2 Å². The number of hydrogen-bond donors (Lipinski definition) is 1. The Kier molecular flexibility index (Phi) is 4.53. The lowest BCUT2D eigenvalue weighted by Gasteiger charge is -2.20. The highest BCUT2D eigenvalue weighted by Crippen LogP contribution is 2.11. The van der Waals surface area contributed by atoms with Gasteiger partial charge in [0.2, 0.25) is 0 Å². The molecule has 0 aliphatic carbocycles. The normalized spacial score (nSPS) is 17.9. The first-order valence-electron chi connectivity index (χ1n) is 6.91. The first-order valence-corrected chi connectivity index (χ1v) is 6.91. The minimum atomic E-state index is 0.645. The Balaban J connectivity index is 1.77. The Bertz CT molecular complexity index is 385. The van der Waals surface area contributed by atoms with Crippen molar-refractivity contribution in [3.63, 3.8) is 0 Å². The second-order valence-corrected chi connectivity index (χ2v) is 5.42. The number of anilines is 1. The zero-order valence-electron chi connectivity index (χ0n) is 11.7. The van der Waals surface area contributed by atoms with E-state index in [1.165, 1.54) is 32.5 Å². The van der Waals surface area contributed by atoms with E-state index in [2.05, 4.69) is 27.1 Å². The van der Waals surface area contributed by atoms with Crippen molar-refractivity contribution in [3.05, 3.63) is 17.6 Å². The second-order valence-electron chi connectivity index (χ2n) is 5.42. The van der Waals surface area contributed by atoms with Crippen LogP contribution in [0.2, 0.25) is 0 Å². The van der Waals surface area contributed by atoms with Crippen molar-refractivity contribution in [3.8, 4) is 0 Å². The van der Waals surface area contributed by atoms with E-state index >= 15 is 0 Å². The van der Waals surface area contributed by atoms with Crippen LogP contribution in [0.4, 0.5) is 5.82 Å². The quantitative estimate of drug-likeness (QED) is 0.867. The molecule has 2 heterocycles. The molecule has 0 saturated carbocycles. The minimum Gasteiger partial charge on any atom is -0.368 e. The maximum atomic E-state index is 4.49. The van der Waals surface area contributed by atoms with Crippen LogP contribution in [0, 0.1) is 19.8 Å². The topological polar surface area (TPSA) is 41.1 Å². The molecule has 1 aliphatic rings. The molecule has 1 unspecified atom stereocenters. The van der Waals surface area contributed by atoms with Crippen molar-refractivity contribution < 1.29 is 0 Å². The second kappa shape index (κ2) is 6.14. The summed E-state index contributed by atoms with van der Waals surface area (Å²) in [5.74, 6) is 1.54.